The molecule has 0 aliphatic heterocycles. The zero-order valence-electron chi connectivity index (χ0n) is 9.37. The van der Waals surface area contributed by atoms with Gasteiger partial charge in [0.2, 0.25) is 5.89 Å². The monoisotopic (exact) mass is 197 g/mol. The van der Waals surface area contributed by atoms with Crippen molar-refractivity contribution in [1.82, 2.24) is 15.5 Å². The van der Waals surface area contributed by atoms with Crippen molar-refractivity contribution in [2.24, 2.45) is 5.92 Å². The summed E-state index contributed by atoms with van der Waals surface area (Å²) in [6, 6.07) is 0.377. The molecule has 80 valence electrons. The highest BCUT2D eigenvalue weighted by Crippen LogP contribution is 2.06. The van der Waals surface area contributed by atoms with Crippen LogP contribution in [0, 0.1) is 5.92 Å². The summed E-state index contributed by atoms with van der Waals surface area (Å²) in [7, 11) is 1.93. The molecule has 1 N–H and O–H groups in total. The summed E-state index contributed by atoms with van der Waals surface area (Å²) in [5, 5.41) is 7.07. The number of hydrogen-bond acceptors (Lipinski definition) is 4. The molecule has 0 spiro atoms. The summed E-state index contributed by atoms with van der Waals surface area (Å²) in [5.74, 6) is 2.11. The maximum absolute atomic E-state index is 5.14. The topological polar surface area (TPSA) is 51.0 Å². The third-order valence-corrected chi connectivity index (χ3v) is 2.07. The molecule has 1 aromatic rings. The van der Waals surface area contributed by atoms with E-state index in [9.17, 15) is 0 Å². The zero-order chi connectivity index (χ0) is 10.6. The average Bonchev–Trinajstić information content (AvgIpc) is 2.51. The lowest BCUT2D eigenvalue weighted by Crippen LogP contribution is -2.23. The maximum atomic E-state index is 5.14. The Bertz CT molecular complexity index is 270. The van der Waals surface area contributed by atoms with Crippen molar-refractivity contribution < 1.29 is 4.52 Å². The maximum Gasteiger partial charge on any atom is 0.228 e. The summed E-state index contributed by atoms with van der Waals surface area (Å²) < 4.78 is 5.14. The van der Waals surface area contributed by atoms with Crippen LogP contribution < -0.4 is 5.32 Å². The van der Waals surface area contributed by atoms with Gasteiger partial charge in [0.05, 0.1) is 0 Å². The van der Waals surface area contributed by atoms with E-state index in [1.807, 2.05) is 7.05 Å². The van der Waals surface area contributed by atoms with Crippen molar-refractivity contribution in [2.45, 2.75) is 39.7 Å². The highest BCUT2D eigenvalue weighted by atomic mass is 16.5. The van der Waals surface area contributed by atoms with Crippen LogP contribution in [0.5, 0.6) is 0 Å². The molecule has 0 aliphatic rings. The van der Waals surface area contributed by atoms with E-state index in [1.54, 1.807) is 0 Å². The lowest BCUT2D eigenvalue weighted by molar-refractivity contribution is 0.359. The van der Waals surface area contributed by atoms with Gasteiger partial charge in [0.25, 0.3) is 0 Å². The van der Waals surface area contributed by atoms with Crippen LogP contribution in [0.3, 0.4) is 0 Å². The zero-order valence-corrected chi connectivity index (χ0v) is 9.37. The van der Waals surface area contributed by atoms with Gasteiger partial charge in [-0.3, -0.25) is 0 Å². The summed E-state index contributed by atoms with van der Waals surface area (Å²) in [6.45, 7) is 6.38. The predicted molar refractivity (Wildman–Crippen MR) is 55.1 cm³/mol. The summed E-state index contributed by atoms with van der Waals surface area (Å²) in [5.41, 5.74) is 0. The number of nitrogens with zero attached hydrogens (tertiary/aromatic N) is 2. The van der Waals surface area contributed by atoms with E-state index in [1.165, 1.54) is 0 Å². The quantitative estimate of drug-likeness (QED) is 0.775. The van der Waals surface area contributed by atoms with E-state index in [0.717, 1.165) is 24.6 Å². The van der Waals surface area contributed by atoms with Crippen LogP contribution in [0.1, 0.15) is 32.5 Å². The Kier molecular flexibility index (Phi) is 4.07. The molecule has 0 amide bonds. The summed E-state index contributed by atoms with van der Waals surface area (Å²) in [6.07, 6.45) is 1.68. The Morgan fingerprint density at radius 3 is 2.57 bits per heavy atom. The van der Waals surface area contributed by atoms with Gasteiger partial charge in [-0.2, -0.15) is 4.98 Å². The highest BCUT2D eigenvalue weighted by Gasteiger charge is 2.10. The standard InChI is InChI=1S/C10H19N3O/c1-7(2)5-9-12-10(14-13-9)6-8(3)11-4/h7-8,11H,5-6H2,1-4H3. The molecule has 0 radical (unpaired) electrons. The average molecular weight is 197 g/mol. The van der Waals surface area contributed by atoms with E-state index in [0.29, 0.717) is 12.0 Å². The Hall–Kier alpha value is -0.900. The largest absolute Gasteiger partial charge is 0.339 e. The Balaban J connectivity index is 2.50. The summed E-state index contributed by atoms with van der Waals surface area (Å²) in [4.78, 5) is 4.32. The number of nitrogens with one attached hydrogen (secondary N) is 1. The van der Waals surface area contributed by atoms with Crippen LogP contribution in [0.15, 0.2) is 4.52 Å². The predicted octanol–water partition coefficient (Wildman–Crippen LogP) is 1.42. The van der Waals surface area contributed by atoms with Gasteiger partial charge in [-0.25, -0.2) is 0 Å². The molecule has 4 heteroatoms. The molecule has 1 atom stereocenters. The van der Waals surface area contributed by atoms with Crippen molar-refractivity contribution in [3.8, 4) is 0 Å². The van der Waals surface area contributed by atoms with Crippen LogP contribution in [-0.4, -0.2) is 23.2 Å². The first-order valence-corrected chi connectivity index (χ1v) is 5.10. The van der Waals surface area contributed by atoms with Crippen LogP contribution in [0.4, 0.5) is 0 Å². The second kappa shape index (κ2) is 5.10. The van der Waals surface area contributed by atoms with Crippen LogP contribution in [-0.2, 0) is 12.8 Å². The molecular weight excluding hydrogens is 178 g/mol. The fraction of sp³-hybridized carbons (Fsp3) is 0.800. The molecule has 0 saturated carbocycles. The minimum Gasteiger partial charge on any atom is -0.339 e. The van der Waals surface area contributed by atoms with E-state index in [4.69, 9.17) is 4.52 Å². The summed E-state index contributed by atoms with van der Waals surface area (Å²) >= 11 is 0. The van der Waals surface area contributed by atoms with E-state index in [2.05, 4.69) is 36.2 Å². The molecule has 0 aliphatic carbocycles. The molecule has 4 nitrogen and oxygen atoms in total. The van der Waals surface area contributed by atoms with Crippen molar-refractivity contribution >= 4 is 0 Å². The van der Waals surface area contributed by atoms with E-state index < -0.39 is 0 Å². The van der Waals surface area contributed by atoms with E-state index >= 15 is 0 Å². The Morgan fingerprint density at radius 1 is 1.29 bits per heavy atom. The van der Waals surface area contributed by atoms with Crippen molar-refractivity contribution in [2.75, 3.05) is 7.05 Å². The molecule has 1 aromatic heterocycles. The van der Waals surface area contributed by atoms with Crippen molar-refractivity contribution in [3.63, 3.8) is 0 Å². The Morgan fingerprint density at radius 2 is 2.00 bits per heavy atom. The van der Waals surface area contributed by atoms with Gasteiger partial charge < -0.3 is 9.84 Å². The first-order chi connectivity index (χ1) is 6.61. The molecule has 1 rings (SSSR count). The van der Waals surface area contributed by atoms with Gasteiger partial charge in [0.15, 0.2) is 5.82 Å². The van der Waals surface area contributed by atoms with Gasteiger partial charge in [-0.15, -0.1) is 0 Å². The van der Waals surface area contributed by atoms with Gasteiger partial charge in [0.1, 0.15) is 0 Å². The van der Waals surface area contributed by atoms with Gasteiger partial charge >= 0.3 is 0 Å². The third kappa shape index (κ3) is 3.46. The molecule has 0 bridgehead atoms. The lowest BCUT2D eigenvalue weighted by atomic mass is 10.1. The SMILES string of the molecule is CNC(C)Cc1nc(CC(C)C)no1. The van der Waals surface area contributed by atoms with Gasteiger partial charge in [-0.1, -0.05) is 19.0 Å². The lowest BCUT2D eigenvalue weighted by Gasteiger charge is -2.04. The molecule has 0 saturated heterocycles. The normalized spacial score (nSPS) is 13.5. The molecule has 1 heterocycles. The van der Waals surface area contributed by atoms with E-state index in [-0.39, 0.29) is 0 Å². The molecule has 1 unspecified atom stereocenters. The number of aromatic nitrogens is 2. The second-order valence-electron chi connectivity index (χ2n) is 4.10. The van der Waals surface area contributed by atoms with Crippen LogP contribution in [0.25, 0.3) is 0 Å². The minimum atomic E-state index is 0.377. The number of hydrogen-bond donors (Lipinski definition) is 1. The molecule has 0 fully saturated rings. The highest BCUT2D eigenvalue weighted by molar-refractivity contribution is 4.89. The third-order valence-electron chi connectivity index (χ3n) is 2.07. The Labute approximate surface area is 85.1 Å². The number of rotatable bonds is 5. The molecular formula is C10H19N3O. The minimum absolute atomic E-state index is 0.377. The smallest absolute Gasteiger partial charge is 0.228 e. The molecule has 14 heavy (non-hydrogen) atoms. The van der Waals surface area contributed by atoms with Crippen LogP contribution >= 0.6 is 0 Å². The second-order valence-corrected chi connectivity index (χ2v) is 4.10. The van der Waals surface area contributed by atoms with Crippen molar-refractivity contribution in [3.05, 3.63) is 11.7 Å². The fourth-order valence-corrected chi connectivity index (χ4v) is 1.19. The number of likely N-dealkylation sites (N-methyl/N-ethyl adjacent to an activating group) is 1. The van der Waals surface area contributed by atoms with Gasteiger partial charge in [0, 0.05) is 18.9 Å². The first-order valence-electron chi connectivity index (χ1n) is 5.10. The first kappa shape index (κ1) is 11.2. The fourth-order valence-electron chi connectivity index (χ4n) is 1.19. The molecule has 0 aromatic carbocycles. The van der Waals surface area contributed by atoms with Crippen LogP contribution in [0.2, 0.25) is 0 Å². The van der Waals surface area contributed by atoms with Crippen molar-refractivity contribution in [1.29, 1.82) is 0 Å². The van der Waals surface area contributed by atoms with Gasteiger partial charge in [-0.05, 0) is 19.9 Å².